The number of nitrogens with zero attached hydrogens (tertiary/aromatic N) is 11. The molecule has 2 aliphatic rings. The first kappa shape index (κ1) is 19.6. The number of aromatic nitrogens is 10. The number of hydrogen-bond acceptors (Lipinski definition) is 10. The minimum absolute atomic E-state index is 0.199. The maximum atomic E-state index is 13.2. The summed E-state index contributed by atoms with van der Waals surface area (Å²) in [6.07, 6.45) is 11.2. The van der Waals surface area contributed by atoms with Gasteiger partial charge in [0.25, 0.3) is 0 Å². The van der Waals surface area contributed by atoms with Crippen molar-refractivity contribution in [3.05, 3.63) is 54.8 Å². The first-order chi connectivity index (χ1) is 16.2. The van der Waals surface area contributed by atoms with Gasteiger partial charge in [-0.3, -0.25) is 0 Å². The number of halogens is 1. The van der Waals surface area contributed by atoms with Gasteiger partial charge >= 0.3 is 0 Å². The molecule has 0 aliphatic carbocycles. The summed E-state index contributed by atoms with van der Waals surface area (Å²) in [5.74, 6) is 1.40. The molecule has 0 radical (unpaired) electrons. The third-order valence-corrected chi connectivity index (χ3v) is 6.12. The second kappa shape index (κ2) is 8.15. The van der Waals surface area contributed by atoms with Gasteiger partial charge in [0.2, 0.25) is 5.95 Å². The molecule has 33 heavy (non-hydrogen) atoms. The maximum absolute atomic E-state index is 13.2. The molecule has 0 saturated carbocycles. The van der Waals surface area contributed by atoms with Crippen LogP contribution in [0, 0.1) is 5.82 Å². The van der Waals surface area contributed by atoms with E-state index in [4.69, 9.17) is 4.74 Å². The fraction of sp³-hybridized carbons (Fsp3) is 0.400. The van der Waals surface area contributed by atoms with Crippen LogP contribution in [0.15, 0.2) is 43.2 Å². The van der Waals surface area contributed by atoms with Crippen molar-refractivity contribution in [3.8, 4) is 11.6 Å². The van der Waals surface area contributed by atoms with Crippen molar-refractivity contribution in [2.24, 2.45) is 0 Å². The highest BCUT2D eigenvalue weighted by Crippen LogP contribution is 2.41. The van der Waals surface area contributed by atoms with E-state index in [0.717, 1.165) is 31.4 Å². The molecule has 6 rings (SSSR count). The molecule has 2 fully saturated rings. The standard InChI is InChI=1S/C20H20FN11O/c21-13-7-23-20(24-8-13)31-15-1-2-16(31)6-17(5-15)32-26-9-14(27-32)11-33-18-3-4-19(22-10-18)30-12-25-28-29-30/h3-4,7-10,12,15-17H,1-2,5-6,11H2/t15-,16+,17?. The molecule has 2 saturated heterocycles. The molecule has 6 heterocycles. The summed E-state index contributed by atoms with van der Waals surface area (Å²) in [7, 11) is 0. The van der Waals surface area contributed by atoms with Gasteiger partial charge in [0.1, 0.15) is 24.4 Å². The Morgan fingerprint density at radius 3 is 2.48 bits per heavy atom. The molecule has 0 N–H and O–H groups in total. The van der Waals surface area contributed by atoms with Crippen molar-refractivity contribution >= 4 is 5.95 Å². The molecule has 13 heteroatoms. The van der Waals surface area contributed by atoms with Gasteiger partial charge in [0, 0.05) is 12.1 Å². The average Bonchev–Trinajstić information content (AvgIpc) is 3.59. The van der Waals surface area contributed by atoms with E-state index in [9.17, 15) is 4.39 Å². The number of ether oxygens (including phenoxy) is 1. The quantitative estimate of drug-likeness (QED) is 0.428. The Kier molecular flexibility index (Phi) is 4.85. The van der Waals surface area contributed by atoms with Gasteiger partial charge < -0.3 is 9.64 Å². The molecular weight excluding hydrogens is 429 g/mol. The SMILES string of the molecule is Fc1cnc(N2[C@@H]3CC[C@H]2CC(n2ncc(COc4ccc(-n5cnnn5)nc4)n2)C3)nc1. The third kappa shape index (κ3) is 3.85. The molecule has 2 bridgehead atoms. The van der Waals surface area contributed by atoms with E-state index >= 15 is 0 Å². The topological polar surface area (TPSA) is 125 Å². The Balaban J connectivity index is 1.08. The highest BCUT2D eigenvalue weighted by atomic mass is 19.1. The summed E-state index contributed by atoms with van der Waals surface area (Å²) < 4.78 is 20.5. The zero-order valence-electron chi connectivity index (χ0n) is 17.5. The zero-order chi connectivity index (χ0) is 22.2. The molecule has 0 spiro atoms. The van der Waals surface area contributed by atoms with Crippen molar-refractivity contribution in [1.82, 2.24) is 50.2 Å². The van der Waals surface area contributed by atoms with E-state index in [1.807, 2.05) is 0 Å². The van der Waals surface area contributed by atoms with Crippen LogP contribution >= 0.6 is 0 Å². The molecule has 0 aromatic carbocycles. The summed E-state index contributed by atoms with van der Waals surface area (Å²) in [4.78, 5) is 16.7. The highest BCUT2D eigenvalue weighted by molar-refractivity contribution is 5.36. The lowest BCUT2D eigenvalue weighted by Crippen LogP contribution is -2.44. The van der Waals surface area contributed by atoms with Crippen LogP contribution in [0.25, 0.3) is 5.82 Å². The predicted molar refractivity (Wildman–Crippen MR) is 111 cm³/mol. The third-order valence-electron chi connectivity index (χ3n) is 6.12. The van der Waals surface area contributed by atoms with Crippen LogP contribution < -0.4 is 9.64 Å². The van der Waals surface area contributed by atoms with Gasteiger partial charge in [-0.2, -0.15) is 19.7 Å². The normalized spacial score (nSPS) is 22.0. The Morgan fingerprint density at radius 2 is 1.79 bits per heavy atom. The Labute approximate surface area is 187 Å². The minimum Gasteiger partial charge on any atom is -0.486 e. The van der Waals surface area contributed by atoms with Crippen LogP contribution in [0.5, 0.6) is 5.75 Å². The monoisotopic (exact) mass is 449 g/mol. The molecule has 4 aromatic heterocycles. The van der Waals surface area contributed by atoms with Gasteiger partial charge in [-0.1, -0.05) is 0 Å². The summed E-state index contributed by atoms with van der Waals surface area (Å²) in [5.41, 5.74) is 0.746. The van der Waals surface area contributed by atoms with Gasteiger partial charge in [0.05, 0.1) is 30.8 Å². The van der Waals surface area contributed by atoms with Crippen molar-refractivity contribution < 1.29 is 9.13 Å². The van der Waals surface area contributed by atoms with Crippen LogP contribution in [0.4, 0.5) is 10.3 Å². The maximum Gasteiger partial charge on any atom is 0.225 e. The largest absolute Gasteiger partial charge is 0.486 e. The van der Waals surface area contributed by atoms with Crippen molar-refractivity contribution in [2.75, 3.05) is 4.90 Å². The number of fused-ring (bicyclic) bond motifs is 2. The summed E-state index contributed by atoms with van der Waals surface area (Å²) >= 11 is 0. The van der Waals surface area contributed by atoms with E-state index < -0.39 is 5.82 Å². The van der Waals surface area contributed by atoms with E-state index in [1.165, 1.54) is 23.4 Å². The van der Waals surface area contributed by atoms with E-state index in [-0.39, 0.29) is 6.04 Å². The second-order valence-corrected chi connectivity index (χ2v) is 8.17. The number of anilines is 1. The molecule has 0 amide bonds. The minimum atomic E-state index is -0.421. The smallest absolute Gasteiger partial charge is 0.225 e. The first-order valence-corrected chi connectivity index (χ1v) is 10.7. The lowest BCUT2D eigenvalue weighted by molar-refractivity contribution is 0.275. The zero-order valence-corrected chi connectivity index (χ0v) is 17.5. The fourth-order valence-electron chi connectivity index (χ4n) is 4.67. The molecule has 12 nitrogen and oxygen atoms in total. The Morgan fingerprint density at radius 1 is 0.970 bits per heavy atom. The lowest BCUT2D eigenvalue weighted by Gasteiger charge is -2.38. The first-order valence-electron chi connectivity index (χ1n) is 10.7. The number of hydrogen-bond donors (Lipinski definition) is 0. The Hall–Kier alpha value is -4.03. The van der Waals surface area contributed by atoms with Crippen LogP contribution in [-0.4, -0.2) is 62.2 Å². The van der Waals surface area contributed by atoms with E-state index in [2.05, 4.69) is 45.6 Å². The number of piperidine rings is 1. The molecule has 2 aliphatic heterocycles. The molecule has 4 aromatic rings. The van der Waals surface area contributed by atoms with Crippen molar-refractivity contribution in [2.45, 2.75) is 50.4 Å². The van der Waals surface area contributed by atoms with Gasteiger partial charge in [-0.15, -0.1) is 5.10 Å². The Bertz CT molecular complexity index is 1200. The molecule has 1 unspecified atom stereocenters. The van der Waals surface area contributed by atoms with Gasteiger partial charge in [0.15, 0.2) is 11.6 Å². The summed E-state index contributed by atoms with van der Waals surface area (Å²) in [6.45, 7) is 0.293. The molecular formula is C20H20FN11O. The number of pyridine rings is 1. The van der Waals surface area contributed by atoms with Gasteiger partial charge in [-0.05, 0) is 48.2 Å². The van der Waals surface area contributed by atoms with Crippen LogP contribution in [0.1, 0.15) is 37.4 Å². The van der Waals surface area contributed by atoms with Crippen molar-refractivity contribution in [1.29, 1.82) is 0 Å². The highest BCUT2D eigenvalue weighted by Gasteiger charge is 2.43. The lowest BCUT2D eigenvalue weighted by atomic mass is 9.98. The summed E-state index contributed by atoms with van der Waals surface area (Å²) in [6, 6.07) is 4.38. The number of rotatable bonds is 6. The van der Waals surface area contributed by atoms with Gasteiger partial charge in [-0.25, -0.2) is 19.3 Å². The molecule has 3 atom stereocenters. The summed E-state index contributed by atoms with van der Waals surface area (Å²) in [5, 5.41) is 20.1. The van der Waals surface area contributed by atoms with Crippen molar-refractivity contribution in [3.63, 3.8) is 0 Å². The van der Waals surface area contributed by atoms with Crippen LogP contribution in [-0.2, 0) is 6.61 Å². The average molecular weight is 449 g/mol. The van der Waals surface area contributed by atoms with Crippen LogP contribution in [0.3, 0.4) is 0 Å². The fourth-order valence-corrected chi connectivity index (χ4v) is 4.67. The number of tetrazole rings is 1. The van der Waals surface area contributed by atoms with Crippen LogP contribution in [0.2, 0.25) is 0 Å². The van der Waals surface area contributed by atoms with E-state index in [0.29, 0.717) is 36.2 Å². The molecule has 168 valence electrons. The predicted octanol–water partition coefficient (Wildman–Crippen LogP) is 1.53. The van der Waals surface area contributed by atoms with E-state index in [1.54, 1.807) is 29.3 Å². The second-order valence-electron chi connectivity index (χ2n) is 8.17.